The van der Waals surface area contributed by atoms with Crippen molar-refractivity contribution in [2.45, 2.75) is 26.4 Å². The molecule has 3 nitrogen and oxygen atoms in total. The lowest BCUT2D eigenvalue weighted by Gasteiger charge is -2.06. The van der Waals surface area contributed by atoms with Crippen molar-refractivity contribution < 1.29 is 9.84 Å². The van der Waals surface area contributed by atoms with Crippen LogP contribution in [0.2, 0.25) is 0 Å². The highest BCUT2D eigenvalue weighted by molar-refractivity contribution is 5.38. The molecule has 1 aromatic rings. The van der Waals surface area contributed by atoms with Crippen LogP contribution in [0.3, 0.4) is 0 Å². The van der Waals surface area contributed by atoms with Crippen LogP contribution in [0.15, 0.2) is 18.5 Å². The number of pyridine rings is 1. The second kappa shape index (κ2) is 4.81. The molecular formula is C12H15NO2. The van der Waals surface area contributed by atoms with Crippen molar-refractivity contribution >= 4 is 0 Å². The fraction of sp³-hybridized carbons (Fsp3) is 0.417. The number of rotatable bonds is 2. The zero-order valence-electron chi connectivity index (χ0n) is 9.24. The van der Waals surface area contributed by atoms with Gasteiger partial charge in [-0.05, 0) is 26.8 Å². The summed E-state index contributed by atoms with van der Waals surface area (Å²) in [7, 11) is 0. The van der Waals surface area contributed by atoms with Gasteiger partial charge in [0.25, 0.3) is 0 Å². The Kier molecular flexibility index (Phi) is 3.70. The van der Waals surface area contributed by atoms with E-state index in [1.165, 1.54) is 0 Å². The summed E-state index contributed by atoms with van der Waals surface area (Å²) in [4.78, 5) is 3.99. The molecule has 0 aliphatic carbocycles. The molecule has 0 aliphatic rings. The third-order valence-corrected chi connectivity index (χ3v) is 1.54. The van der Waals surface area contributed by atoms with Gasteiger partial charge in [0, 0.05) is 11.8 Å². The van der Waals surface area contributed by atoms with Gasteiger partial charge in [-0.1, -0.05) is 11.8 Å². The van der Waals surface area contributed by atoms with Gasteiger partial charge in [0.15, 0.2) is 0 Å². The number of hydrogen-bond acceptors (Lipinski definition) is 3. The molecule has 1 N–H and O–H groups in total. The van der Waals surface area contributed by atoms with Gasteiger partial charge in [0.05, 0.1) is 12.8 Å². The second-order valence-electron chi connectivity index (χ2n) is 3.65. The van der Waals surface area contributed by atoms with Crippen LogP contribution in [-0.2, 0) is 0 Å². The van der Waals surface area contributed by atoms with E-state index in [9.17, 15) is 5.11 Å². The highest BCUT2D eigenvalue weighted by atomic mass is 16.5. The lowest BCUT2D eigenvalue weighted by atomic mass is 10.1. The van der Waals surface area contributed by atoms with Crippen LogP contribution in [0, 0.1) is 11.8 Å². The lowest BCUT2D eigenvalue weighted by Crippen LogP contribution is -2.14. The largest absolute Gasteiger partial charge is 0.492 e. The first-order valence-electron chi connectivity index (χ1n) is 4.84. The van der Waals surface area contributed by atoms with Gasteiger partial charge in [-0.3, -0.25) is 4.98 Å². The minimum atomic E-state index is -0.985. The van der Waals surface area contributed by atoms with Gasteiger partial charge in [-0.15, -0.1) is 0 Å². The molecule has 3 heteroatoms. The van der Waals surface area contributed by atoms with Crippen LogP contribution >= 0.6 is 0 Å². The van der Waals surface area contributed by atoms with Crippen LogP contribution < -0.4 is 4.74 Å². The van der Waals surface area contributed by atoms with Crippen molar-refractivity contribution in [2.24, 2.45) is 0 Å². The fourth-order valence-corrected chi connectivity index (χ4v) is 0.958. The monoisotopic (exact) mass is 205 g/mol. The number of hydrogen-bond donors (Lipinski definition) is 1. The molecule has 0 spiro atoms. The van der Waals surface area contributed by atoms with Gasteiger partial charge in [-0.2, -0.15) is 0 Å². The standard InChI is InChI=1S/C12H15NO2/c1-4-15-11-7-10(8-13-9-11)5-6-12(2,3)14/h7-9,14H,4H2,1-3H3. The van der Waals surface area contributed by atoms with Gasteiger partial charge in [0.2, 0.25) is 0 Å². The van der Waals surface area contributed by atoms with Gasteiger partial charge in [-0.25, -0.2) is 0 Å². The molecule has 0 amide bonds. The van der Waals surface area contributed by atoms with E-state index in [-0.39, 0.29) is 0 Å². The van der Waals surface area contributed by atoms with Gasteiger partial charge >= 0.3 is 0 Å². The Morgan fingerprint density at radius 3 is 2.80 bits per heavy atom. The topological polar surface area (TPSA) is 42.4 Å². The summed E-state index contributed by atoms with van der Waals surface area (Å²) >= 11 is 0. The van der Waals surface area contributed by atoms with Crippen molar-refractivity contribution in [1.29, 1.82) is 0 Å². The van der Waals surface area contributed by atoms with Crippen LogP contribution in [0.5, 0.6) is 5.75 Å². The van der Waals surface area contributed by atoms with Crippen molar-refractivity contribution in [3.8, 4) is 17.6 Å². The zero-order chi connectivity index (χ0) is 11.3. The summed E-state index contributed by atoms with van der Waals surface area (Å²) in [5.74, 6) is 6.25. The first-order chi connectivity index (χ1) is 7.01. The summed E-state index contributed by atoms with van der Waals surface area (Å²) in [5.41, 5.74) is -0.246. The van der Waals surface area contributed by atoms with Crippen LogP contribution in [0.1, 0.15) is 26.3 Å². The predicted molar refractivity (Wildman–Crippen MR) is 58.6 cm³/mol. The molecule has 0 aromatic carbocycles. The maximum atomic E-state index is 9.43. The average Bonchev–Trinajstić information content (AvgIpc) is 2.15. The zero-order valence-corrected chi connectivity index (χ0v) is 9.24. The summed E-state index contributed by atoms with van der Waals surface area (Å²) in [6.45, 7) is 5.79. The maximum Gasteiger partial charge on any atom is 0.138 e. The van der Waals surface area contributed by atoms with E-state index in [2.05, 4.69) is 16.8 Å². The molecule has 1 rings (SSSR count). The second-order valence-corrected chi connectivity index (χ2v) is 3.65. The SMILES string of the molecule is CCOc1cncc(C#CC(C)(C)O)c1. The summed E-state index contributed by atoms with van der Waals surface area (Å²) in [6.07, 6.45) is 3.28. The lowest BCUT2D eigenvalue weighted by molar-refractivity contribution is 0.143. The molecule has 0 atom stereocenters. The van der Waals surface area contributed by atoms with Crippen LogP contribution in [0.25, 0.3) is 0 Å². The van der Waals surface area contributed by atoms with E-state index in [1.807, 2.05) is 6.92 Å². The van der Waals surface area contributed by atoms with Crippen molar-refractivity contribution in [2.75, 3.05) is 6.61 Å². The van der Waals surface area contributed by atoms with Gasteiger partial charge in [0.1, 0.15) is 11.4 Å². The van der Waals surface area contributed by atoms with E-state index in [4.69, 9.17) is 4.74 Å². The molecule has 0 fully saturated rings. The third kappa shape index (κ3) is 4.48. The van der Waals surface area contributed by atoms with Crippen LogP contribution in [-0.4, -0.2) is 22.3 Å². The minimum absolute atomic E-state index is 0.601. The van der Waals surface area contributed by atoms with Crippen LogP contribution in [0.4, 0.5) is 0 Å². The normalized spacial score (nSPS) is 10.4. The summed E-state index contributed by atoms with van der Waals surface area (Å²) < 4.78 is 5.29. The Morgan fingerprint density at radius 1 is 1.47 bits per heavy atom. The van der Waals surface area contributed by atoms with E-state index in [0.717, 1.165) is 5.56 Å². The number of nitrogens with zero attached hydrogens (tertiary/aromatic N) is 1. The molecule has 0 aliphatic heterocycles. The molecule has 0 unspecified atom stereocenters. The number of aliphatic hydroxyl groups is 1. The van der Waals surface area contributed by atoms with E-state index >= 15 is 0 Å². The van der Waals surface area contributed by atoms with Gasteiger partial charge < -0.3 is 9.84 Å². The van der Waals surface area contributed by atoms with E-state index in [1.54, 1.807) is 32.3 Å². The first-order valence-corrected chi connectivity index (χ1v) is 4.84. The number of ether oxygens (including phenoxy) is 1. The Morgan fingerprint density at radius 2 is 2.20 bits per heavy atom. The molecule has 80 valence electrons. The van der Waals surface area contributed by atoms with Crippen molar-refractivity contribution in [3.63, 3.8) is 0 Å². The molecule has 0 bridgehead atoms. The minimum Gasteiger partial charge on any atom is -0.492 e. The van der Waals surface area contributed by atoms with E-state index in [0.29, 0.717) is 12.4 Å². The quantitative estimate of drug-likeness (QED) is 0.746. The Bertz CT molecular complexity index is 383. The molecule has 1 heterocycles. The summed E-state index contributed by atoms with van der Waals surface area (Å²) in [5, 5.41) is 9.43. The highest BCUT2D eigenvalue weighted by Crippen LogP contribution is 2.10. The average molecular weight is 205 g/mol. The molecule has 0 saturated carbocycles. The highest BCUT2D eigenvalue weighted by Gasteiger charge is 2.05. The van der Waals surface area contributed by atoms with Crippen molar-refractivity contribution in [1.82, 2.24) is 4.98 Å². The van der Waals surface area contributed by atoms with Crippen molar-refractivity contribution in [3.05, 3.63) is 24.0 Å². The molecular weight excluding hydrogens is 190 g/mol. The fourth-order valence-electron chi connectivity index (χ4n) is 0.958. The molecule has 15 heavy (non-hydrogen) atoms. The summed E-state index contributed by atoms with van der Waals surface area (Å²) in [6, 6.07) is 1.80. The first kappa shape index (κ1) is 11.5. The predicted octanol–water partition coefficient (Wildman–Crippen LogP) is 1.60. The number of aromatic nitrogens is 1. The maximum absolute atomic E-state index is 9.43. The Balaban J connectivity index is 2.85. The third-order valence-electron chi connectivity index (χ3n) is 1.54. The van der Waals surface area contributed by atoms with E-state index < -0.39 is 5.60 Å². The Labute approximate surface area is 90.1 Å². The molecule has 0 saturated heterocycles. The molecule has 1 aromatic heterocycles. The molecule has 0 radical (unpaired) electrons. The smallest absolute Gasteiger partial charge is 0.138 e. The Hall–Kier alpha value is -1.53.